The second kappa shape index (κ2) is 6.72. The van der Waals surface area contributed by atoms with Gasteiger partial charge < -0.3 is 10.1 Å². The molecule has 0 atom stereocenters. The molecule has 5 heteroatoms. The Morgan fingerprint density at radius 2 is 2.20 bits per heavy atom. The van der Waals surface area contributed by atoms with Gasteiger partial charge in [0.05, 0.1) is 17.3 Å². The van der Waals surface area contributed by atoms with Crippen LogP contribution in [0.25, 0.3) is 10.9 Å². The Morgan fingerprint density at radius 3 is 2.90 bits per heavy atom. The topological polar surface area (TPSA) is 53.2 Å². The van der Waals surface area contributed by atoms with E-state index in [-0.39, 0.29) is 6.10 Å². The minimum absolute atomic E-state index is 0.182. The summed E-state index contributed by atoms with van der Waals surface area (Å²) in [7, 11) is 4.07. The molecule has 0 bridgehead atoms. The van der Waals surface area contributed by atoms with Gasteiger partial charge in [0, 0.05) is 25.0 Å². The molecule has 0 aliphatic heterocycles. The Kier molecular flexibility index (Phi) is 4.98. The highest BCUT2D eigenvalue weighted by molar-refractivity contribution is 5.82. The number of ether oxygens (including phenoxy) is 1. The van der Waals surface area contributed by atoms with E-state index in [2.05, 4.69) is 33.5 Å². The Hall–Kier alpha value is -1.59. The lowest BCUT2D eigenvalue weighted by Crippen LogP contribution is -2.27. The van der Waals surface area contributed by atoms with Crippen molar-refractivity contribution in [2.24, 2.45) is 0 Å². The van der Waals surface area contributed by atoms with Crippen LogP contribution in [0.4, 0.5) is 0 Å². The number of hydrogen-bond acceptors (Lipinski definition) is 4. The van der Waals surface area contributed by atoms with Gasteiger partial charge in [-0.05, 0) is 46.1 Å². The maximum atomic E-state index is 5.75. The summed E-state index contributed by atoms with van der Waals surface area (Å²) in [6, 6.07) is 6.08. The van der Waals surface area contributed by atoms with Crippen molar-refractivity contribution in [2.45, 2.75) is 26.5 Å². The van der Waals surface area contributed by atoms with E-state index in [9.17, 15) is 0 Å². The second-order valence-corrected chi connectivity index (χ2v) is 5.39. The molecule has 0 radical (unpaired) electrons. The Morgan fingerprint density at radius 1 is 1.40 bits per heavy atom. The minimum Gasteiger partial charge on any atom is -0.491 e. The fourth-order valence-electron chi connectivity index (χ4n) is 2.15. The molecule has 0 saturated heterocycles. The van der Waals surface area contributed by atoms with Gasteiger partial charge in [-0.1, -0.05) is 0 Å². The van der Waals surface area contributed by atoms with Gasteiger partial charge in [-0.15, -0.1) is 0 Å². The highest BCUT2D eigenvalue weighted by Crippen LogP contribution is 2.23. The zero-order valence-electron chi connectivity index (χ0n) is 12.7. The fourth-order valence-corrected chi connectivity index (χ4v) is 2.15. The first-order valence-electron chi connectivity index (χ1n) is 7.07. The molecule has 20 heavy (non-hydrogen) atoms. The van der Waals surface area contributed by atoms with Crippen molar-refractivity contribution >= 4 is 10.9 Å². The average molecular weight is 276 g/mol. The first-order valence-corrected chi connectivity index (χ1v) is 7.07. The average Bonchev–Trinajstić information content (AvgIpc) is 2.78. The number of aromatic nitrogens is 2. The van der Waals surface area contributed by atoms with Crippen molar-refractivity contribution < 1.29 is 4.74 Å². The van der Waals surface area contributed by atoms with Crippen molar-refractivity contribution in [3.63, 3.8) is 0 Å². The zero-order valence-corrected chi connectivity index (χ0v) is 12.7. The highest BCUT2D eigenvalue weighted by atomic mass is 16.5. The van der Waals surface area contributed by atoms with E-state index in [4.69, 9.17) is 4.74 Å². The van der Waals surface area contributed by atoms with Gasteiger partial charge in [0.1, 0.15) is 5.75 Å². The second-order valence-electron chi connectivity index (χ2n) is 5.39. The monoisotopic (exact) mass is 276 g/mol. The van der Waals surface area contributed by atoms with Crippen molar-refractivity contribution in [1.29, 1.82) is 0 Å². The van der Waals surface area contributed by atoms with E-state index in [0.29, 0.717) is 0 Å². The third-order valence-electron chi connectivity index (χ3n) is 3.15. The summed E-state index contributed by atoms with van der Waals surface area (Å²) in [6.07, 6.45) is 0.182. The van der Waals surface area contributed by atoms with Crippen LogP contribution in [0, 0.1) is 0 Å². The fraction of sp³-hybridized carbons (Fsp3) is 0.533. The molecule has 2 rings (SSSR count). The largest absolute Gasteiger partial charge is 0.491 e. The molecule has 1 heterocycles. The number of benzene rings is 1. The lowest BCUT2D eigenvalue weighted by atomic mass is 10.2. The number of nitrogens with one attached hydrogen (secondary N) is 2. The van der Waals surface area contributed by atoms with Crippen LogP contribution < -0.4 is 10.1 Å². The molecular formula is C15H24N4O. The standard InChI is InChI=1S/C15H24N4O/c1-11(2)20-12-5-6-14-13(9-12)15(18-17-14)10-19(4)8-7-16-3/h5-6,9,11,16H,7-8,10H2,1-4H3,(H,17,18). The molecule has 110 valence electrons. The third-order valence-corrected chi connectivity index (χ3v) is 3.15. The van der Waals surface area contributed by atoms with Crippen LogP contribution in [0.2, 0.25) is 0 Å². The lowest BCUT2D eigenvalue weighted by Gasteiger charge is -2.15. The molecule has 0 aliphatic rings. The van der Waals surface area contributed by atoms with Crippen molar-refractivity contribution in [1.82, 2.24) is 20.4 Å². The minimum atomic E-state index is 0.182. The normalized spacial score (nSPS) is 11.7. The maximum Gasteiger partial charge on any atom is 0.120 e. The van der Waals surface area contributed by atoms with E-state index in [1.165, 1.54) is 0 Å². The molecule has 1 aromatic heterocycles. The summed E-state index contributed by atoms with van der Waals surface area (Å²) in [4.78, 5) is 2.25. The highest BCUT2D eigenvalue weighted by Gasteiger charge is 2.10. The van der Waals surface area contributed by atoms with E-state index in [1.807, 2.05) is 33.0 Å². The van der Waals surface area contributed by atoms with E-state index in [0.717, 1.165) is 42.0 Å². The zero-order chi connectivity index (χ0) is 14.5. The summed E-state index contributed by atoms with van der Waals surface area (Å²) in [5, 5.41) is 11.8. The predicted octanol–water partition coefficient (Wildman–Crippen LogP) is 2.00. The summed E-state index contributed by atoms with van der Waals surface area (Å²) in [5.74, 6) is 0.896. The van der Waals surface area contributed by atoms with Gasteiger partial charge >= 0.3 is 0 Å². The van der Waals surface area contributed by atoms with Gasteiger partial charge in [-0.3, -0.25) is 10.00 Å². The van der Waals surface area contributed by atoms with Crippen LogP contribution in [0.1, 0.15) is 19.5 Å². The lowest BCUT2D eigenvalue weighted by molar-refractivity contribution is 0.242. The third kappa shape index (κ3) is 3.71. The van der Waals surface area contributed by atoms with Crippen LogP contribution in [-0.2, 0) is 6.54 Å². The smallest absolute Gasteiger partial charge is 0.120 e. The SMILES string of the molecule is CNCCN(C)Cc1n[nH]c2ccc(OC(C)C)cc12. The molecule has 0 spiro atoms. The van der Waals surface area contributed by atoms with E-state index in [1.54, 1.807) is 0 Å². The van der Waals surface area contributed by atoms with Gasteiger partial charge in [0.2, 0.25) is 0 Å². The van der Waals surface area contributed by atoms with Crippen molar-refractivity contribution in [3.05, 3.63) is 23.9 Å². The molecule has 0 unspecified atom stereocenters. The number of likely N-dealkylation sites (N-methyl/N-ethyl adjacent to an activating group) is 2. The van der Waals surface area contributed by atoms with Crippen LogP contribution in [0.15, 0.2) is 18.2 Å². The van der Waals surface area contributed by atoms with Gasteiger partial charge in [-0.25, -0.2) is 0 Å². The van der Waals surface area contributed by atoms with Crippen LogP contribution in [0.3, 0.4) is 0 Å². The van der Waals surface area contributed by atoms with E-state index >= 15 is 0 Å². The number of hydrogen-bond donors (Lipinski definition) is 2. The predicted molar refractivity (Wildman–Crippen MR) is 82.1 cm³/mol. The van der Waals surface area contributed by atoms with Gasteiger partial charge in [0.25, 0.3) is 0 Å². The molecule has 1 aromatic carbocycles. The number of rotatable bonds is 7. The summed E-state index contributed by atoms with van der Waals surface area (Å²) in [5.41, 5.74) is 2.12. The quantitative estimate of drug-likeness (QED) is 0.812. The molecule has 0 aliphatic carbocycles. The molecule has 0 fully saturated rings. The first kappa shape index (κ1) is 14.8. The Bertz CT molecular complexity index is 550. The van der Waals surface area contributed by atoms with Crippen molar-refractivity contribution in [3.8, 4) is 5.75 Å². The molecule has 5 nitrogen and oxygen atoms in total. The molecule has 0 amide bonds. The summed E-state index contributed by atoms with van der Waals surface area (Å²) >= 11 is 0. The number of H-pyrrole nitrogens is 1. The first-order chi connectivity index (χ1) is 9.60. The van der Waals surface area contributed by atoms with Crippen LogP contribution in [-0.4, -0.2) is 48.4 Å². The van der Waals surface area contributed by atoms with E-state index < -0.39 is 0 Å². The molecular weight excluding hydrogens is 252 g/mol. The van der Waals surface area contributed by atoms with Crippen LogP contribution >= 0.6 is 0 Å². The summed E-state index contributed by atoms with van der Waals surface area (Å²) < 4.78 is 5.75. The summed E-state index contributed by atoms with van der Waals surface area (Å²) in [6.45, 7) is 6.86. The van der Waals surface area contributed by atoms with Gasteiger partial charge in [-0.2, -0.15) is 5.10 Å². The number of fused-ring (bicyclic) bond motifs is 1. The number of aromatic amines is 1. The molecule has 0 saturated carbocycles. The van der Waals surface area contributed by atoms with Gasteiger partial charge in [0.15, 0.2) is 0 Å². The number of nitrogens with zero attached hydrogens (tertiary/aromatic N) is 2. The maximum absolute atomic E-state index is 5.75. The Labute approximate surface area is 120 Å². The van der Waals surface area contributed by atoms with Crippen LogP contribution in [0.5, 0.6) is 5.75 Å². The Balaban J connectivity index is 2.16. The van der Waals surface area contributed by atoms with Crippen molar-refractivity contribution in [2.75, 3.05) is 27.2 Å². The molecule has 2 aromatic rings. The molecule has 2 N–H and O–H groups in total.